The van der Waals surface area contributed by atoms with Gasteiger partial charge in [-0.3, -0.25) is 0 Å². The first kappa shape index (κ1) is 10.7. The average molecular weight is 288 g/mol. The van der Waals surface area contributed by atoms with E-state index >= 15 is 0 Å². The second kappa shape index (κ2) is 4.41. The molecule has 3 rings (SSSR count). The molecule has 0 aliphatic carbocycles. The van der Waals surface area contributed by atoms with E-state index in [4.69, 9.17) is 0 Å². The summed E-state index contributed by atoms with van der Waals surface area (Å²) >= 11 is 3.51. The maximum atomic E-state index is 3.51. The maximum absolute atomic E-state index is 3.51. The first-order valence-electron chi connectivity index (χ1n) is 5.53. The third kappa shape index (κ3) is 2.15. The number of nitrogens with one attached hydrogen (secondary N) is 1. The first-order valence-corrected chi connectivity index (χ1v) is 6.32. The summed E-state index contributed by atoms with van der Waals surface area (Å²) in [5.74, 6) is 0. The minimum absolute atomic E-state index is 0.886. The fourth-order valence-corrected chi connectivity index (χ4v) is 2.34. The third-order valence-electron chi connectivity index (χ3n) is 2.84. The van der Waals surface area contributed by atoms with Crippen LogP contribution in [0.2, 0.25) is 0 Å². The number of benzene rings is 2. The molecule has 3 heteroatoms. The number of halogens is 1. The van der Waals surface area contributed by atoms with Crippen molar-refractivity contribution in [2.45, 2.75) is 6.54 Å². The lowest BCUT2D eigenvalue weighted by atomic mass is 10.2. The number of nitrogens with zero attached hydrogens (tertiary/aromatic N) is 1. The predicted octanol–water partition coefficient (Wildman–Crippen LogP) is 4.00. The van der Waals surface area contributed by atoms with Crippen LogP contribution < -0.4 is 10.2 Å². The van der Waals surface area contributed by atoms with Crippen LogP contribution in [0.3, 0.4) is 0 Å². The molecule has 0 unspecified atom stereocenters. The predicted molar refractivity (Wildman–Crippen MR) is 74.7 cm³/mol. The highest BCUT2D eigenvalue weighted by Gasteiger charge is 2.19. The highest BCUT2D eigenvalue weighted by Crippen LogP contribution is 2.36. The summed E-state index contributed by atoms with van der Waals surface area (Å²) in [5.41, 5.74) is 3.67. The van der Waals surface area contributed by atoms with Gasteiger partial charge in [0.2, 0.25) is 0 Å². The Kier molecular flexibility index (Phi) is 2.77. The molecule has 0 saturated carbocycles. The molecule has 1 radical (unpaired) electrons. The molecule has 85 valence electrons. The Balaban J connectivity index is 1.86. The Bertz CT molecular complexity index is 525. The zero-order chi connectivity index (χ0) is 11.7. The number of hydrogen-bond acceptors (Lipinski definition) is 2. The quantitative estimate of drug-likeness (QED) is 0.898. The number of fused-ring (bicyclic) bond motifs is 1. The molecule has 1 heterocycles. The van der Waals surface area contributed by atoms with Crippen LogP contribution in [0.5, 0.6) is 0 Å². The zero-order valence-electron chi connectivity index (χ0n) is 9.23. The van der Waals surface area contributed by atoms with Gasteiger partial charge >= 0.3 is 0 Å². The molecule has 2 aromatic rings. The van der Waals surface area contributed by atoms with E-state index in [2.05, 4.69) is 62.5 Å². The molecule has 2 nitrogen and oxygen atoms in total. The lowest BCUT2D eigenvalue weighted by molar-refractivity contribution is 0.940. The molecular formula is C14H12BrN2. The van der Waals surface area contributed by atoms with Crippen molar-refractivity contribution in [3.8, 4) is 0 Å². The van der Waals surface area contributed by atoms with E-state index in [1.165, 1.54) is 11.3 Å². The number of rotatable bonds is 2. The smallest absolute Gasteiger partial charge is 0.139 e. The van der Waals surface area contributed by atoms with E-state index in [0.717, 1.165) is 16.7 Å². The maximum Gasteiger partial charge on any atom is 0.139 e. The van der Waals surface area contributed by atoms with Crippen molar-refractivity contribution in [1.82, 2.24) is 0 Å². The fourth-order valence-electron chi connectivity index (χ4n) is 1.99. The summed E-state index contributed by atoms with van der Waals surface area (Å²) in [5, 5.41) is 3.28. The van der Waals surface area contributed by atoms with Crippen molar-refractivity contribution in [3.05, 3.63) is 65.2 Å². The number of hydrogen-bond donors (Lipinski definition) is 1. The lowest BCUT2D eigenvalue weighted by Crippen LogP contribution is -2.16. The van der Waals surface area contributed by atoms with Crippen molar-refractivity contribution in [3.63, 3.8) is 0 Å². The van der Waals surface area contributed by atoms with Crippen LogP contribution in [0.25, 0.3) is 0 Å². The molecule has 0 amide bonds. The van der Waals surface area contributed by atoms with Gasteiger partial charge in [0, 0.05) is 11.0 Å². The molecule has 0 fully saturated rings. The molecule has 0 spiro atoms. The molecule has 0 bridgehead atoms. The largest absolute Gasteiger partial charge is 0.360 e. The molecule has 1 N–H and O–H groups in total. The van der Waals surface area contributed by atoms with Crippen molar-refractivity contribution < 1.29 is 0 Å². The lowest BCUT2D eigenvalue weighted by Gasteiger charge is -2.17. The van der Waals surface area contributed by atoms with Crippen molar-refractivity contribution >= 4 is 27.3 Å². The molecule has 1 aliphatic heterocycles. The van der Waals surface area contributed by atoms with E-state index in [-0.39, 0.29) is 0 Å². The third-order valence-corrected chi connectivity index (χ3v) is 3.33. The van der Waals surface area contributed by atoms with Crippen LogP contribution >= 0.6 is 15.9 Å². The molecule has 17 heavy (non-hydrogen) atoms. The summed E-state index contributed by atoms with van der Waals surface area (Å²) in [6, 6.07) is 16.7. The van der Waals surface area contributed by atoms with Crippen molar-refractivity contribution in [1.29, 1.82) is 0 Å². The molecule has 0 aromatic heterocycles. The van der Waals surface area contributed by atoms with Gasteiger partial charge in [-0.2, -0.15) is 0 Å². The van der Waals surface area contributed by atoms with Crippen LogP contribution in [0, 0.1) is 6.67 Å². The van der Waals surface area contributed by atoms with E-state index in [1.54, 1.807) is 0 Å². The normalized spacial score (nSPS) is 13.4. The fraction of sp³-hybridized carbons (Fsp3) is 0.0714. The van der Waals surface area contributed by atoms with Crippen LogP contribution in [0.15, 0.2) is 53.0 Å². The summed E-state index contributed by atoms with van der Waals surface area (Å²) in [7, 11) is 0. The Morgan fingerprint density at radius 1 is 1.06 bits per heavy atom. The van der Waals surface area contributed by atoms with E-state index in [0.29, 0.717) is 0 Å². The van der Waals surface area contributed by atoms with Crippen LogP contribution in [0.4, 0.5) is 11.4 Å². The van der Waals surface area contributed by atoms with Gasteiger partial charge in [0.15, 0.2) is 0 Å². The molecular weight excluding hydrogens is 276 g/mol. The molecule has 0 atom stereocenters. The molecule has 1 aliphatic rings. The topological polar surface area (TPSA) is 15.3 Å². The van der Waals surface area contributed by atoms with Crippen molar-refractivity contribution in [2.75, 3.05) is 10.2 Å². The minimum atomic E-state index is 0.886. The van der Waals surface area contributed by atoms with E-state index in [1.807, 2.05) is 18.8 Å². The summed E-state index contributed by atoms with van der Waals surface area (Å²) < 4.78 is 1.10. The van der Waals surface area contributed by atoms with Gasteiger partial charge in [-0.1, -0.05) is 46.3 Å². The summed E-state index contributed by atoms with van der Waals surface area (Å²) in [6.45, 7) is 2.90. The van der Waals surface area contributed by atoms with Crippen molar-refractivity contribution in [2.24, 2.45) is 0 Å². The summed E-state index contributed by atoms with van der Waals surface area (Å²) in [6.07, 6.45) is 0. The van der Waals surface area contributed by atoms with Crippen LogP contribution in [-0.4, -0.2) is 0 Å². The number of anilines is 2. The highest BCUT2D eigenvalue weighted by molar-refractivity contribution is 9.10. The molecule has 2 aromatic carbocycles. The van der Waals surface area contributed by atoms with Gasteiger partial charge in [-0.25, -0.2) is 0 Å². The van der Waals surface area contributed by atoms with Gasteiger partial charge in [-0.15, -0.1) is 0 Å². The summed E-state index contributed by atoms with van der Waals surface area (Å²) in [4.78, 5) is 2.22. The van der Waals surface area contributed by atoms with Gasteiger partial charge in [0.25, 0.3) is 0 Å². The first-order chi connectivity index (χ1) is 8.33. The Morgan fingerprint density at radius 2 is 1.88 bits per heavy atom. The monoisotopic (exact) mass is 287 g/mol. The van der Waals surface area contributed by atoms with Gasteiger partial charge in [-0.05, 0) is 23.8 Å². The van der Waals surface area contributed by atoms with Gasteiger partial charge in [0.1, 0.15) is 6.67 Å². The SMILES string of the molecule is Brc1ccc2c(c1)N(Cc1ccccc1)[CH]N2. The van der Waals surface area contributed by atoms with Gasteiger partial charge in [0.05, 0.1) is 11.4 Å². The molecule has 0 saturated heterocycles. The Hall–Kier alpha value is -1.48. The van der Waals surface area contributed by atoms with E-state index < -0.39 is 0 Å². The standard InChI is InChI=1S/C14H12BrN2/c15-12-6-7-13-14(8-12)17(10-16-13)9-11-4-2-1-3-5-11/h1-8,10,16H,9H2. The van der Waals surface area contributed by atoms with Crippen LogP contribution in [0.1, 0.15) is 5.56 Å². The Labute approximate surface area is 109 Å². The second-order valence-electron chi connectivity index (χ2n) is 4.05. The van der Waals surface area contributed by atoms with Gasteiger partial charge < -0.3 is 10.2 Å². The average Bonchev–Trinajstić information content (AvgIpc) is 2.73. The minimum Gasteiger partial charge on any atom is -0.360 e. The highest BCUT2D eigenvalue weighted by atomic mass is 79.9. The Morgan fingerprint density at radius 3 is 2.71 bits per heavy atom. The zero-order valence-corrected chi connectivity index (χ0v) is 10.8. The van der Waals surface area contributed by atoms with Crippen LogP contribution in [-0.2, 0) is 6.54 Å². The van der Waals surface area contributed by atoms with E-state index in [9.17, 15) is 0 Å². The second-order valence-corrected chi connectivity index (χ2v) is 4.96.